The van der Waals surface area contributed by atoms with Gasteiger partial charge in [-0.2, -0.15) is 0 Å². The molecular weight excluding hydrogens is 286 g/mol. The van der Waals surface area contributed by atoms with E-state index >= 15 is 0 Å². The molecule has 1 saturated heterocycles. The molecule has 3 rings (SSSR count). The van der Waals surface area contributed by atoms with E-state index in [1.54, 1.807) is 6.92 Å². The molecule has 1 aliphatic rings. The van der Waals surface area contributed by atoms with Crippen LogP contribution in [0, 0.1) is 5.92 Å². The van der Waals surface area contributed by atoms with Crippen molar-refractivity contribution in [2.75, 3.05) is 6.54 Å². The summed E-state index contributed by atoms with van der Waals surface area (Å²) < 4.78 is 0. The van der Waals surface area contributed by atoms with Crippen molar-refractivity contribution in [1.29, 1.82) is 0 Å². The first-order valence-corrected chi connectivity index (χ1v) is 8.06. The first-order valence-electron chi connectivity index (χ1n) is 8.06. The Bertz CT molecular complexity index is 642. The van der Waals surface area contributed by atoms with Crippen molar-refractivity contribution in [3.05, 3.63) is 71.8 Å². The molecule has 2 aromatic carbocycles. The maximum Gasteiger partial charge on any atom is 0.226 e. The Kier molecular flexibility index (Phi) is 4.56. The molecule has 1 aliphatic heterocycles. The highest BCUT2D eigenvalue weighted by atomic mass is 16.2. The van der Waals surface area contributed by atoms with Gasteiger partial charge in [-0.1, -0.05) is 60.7 Å². The molecule has 0 aromatic heterocycles. The van der Waals surface area contributed by atoms with E-state index in [0.717, 1.165) is 17.5 Å². The van der Waals surface area contributed by atoms with Gasteiger partial charge >= 0.3 is 0 Å². The van der Waals surface area contributed by atoms with Crippen LogP contribution in [0.15, 0.2) is 60.7 Å². The van der Waals surface area contributed by atoms with Crippen molar-refractivity contribution < 1.29 is 9.59 Å². The minimum atomic E-state index is -0.164. The molecule has 1 unspecified atom stereocenters. The van der Waals surface area contributed by atoms with Crippen molar-refractivity contribution in [3.63, 3.8) is 0 Å². The first kappa shape index (κ1) is 15.5. The van der Waals surface area contributed by atoms with Gasteiger partial charge in [0, 0.05) is 18.9 Å². The molecule has 0 saturated carbocycles. The molecule has 23 heavy (non-hydrogen) atoms. The van der Waals surface area contributed by atoms with Crippen LogP contribution in [0.4, 0.5) is 0 Å². The van der Waals surface area contributed by atoms with Crippen molar-refractivity contribution in [2.24, 2.45) is 5.92 Å². The molecule has 1 atom stereocenters. The minimum absolute atomic E-state index is 0.0816. The summed E-state index contributed by atoms with van der Waals surface area (Å²) in [5.74, 6) is 0.0153. The van der Waals surface area contributed by atoms with Gasteiger partial charge in [0.1, 0.15) is 5.78 Å². The Morgan fingerprint density at radius 2 is 1.57 bits per heavy atom. The molecule has 0 N–H and O–H groups in total. The summed E-state index contributed by atoms with van der Waals surface area (Å²) in [5, 5.41) is 0. The van der Waals surface area contributed by atoms with E-state index in [0.29, 0.717) is 13.0 Å². The average molecular weight is 307 g/mol. The van der Waals surface area contributed by atoms with Gasteiger partial charge < -0.3 is 9.69 Å². The number of benzene rings is 2. The summed E-state index contributed by atoms with van der Waals surface area (Å²) >= 11 is 0. The topological polar surface area (TPSA) is 37.4 Å². The van der Waals surface area contributed by atoms with Gasteiger partial charge in [0.25, 0.3) is 0 Å². The standard InChI is InChI=1S/C20H21NO2/c1-15(22)14-18-12-13-21(20(18)23)19(16-8-4-2-5-9-16)17-10-6-3-7-11-17/h2-11,18-19H,12-14H2,1H3. The van der Waals surface area contributed by atoms with Gasteiger partial charge in [-0.3, -0.25) is 4.79 Å². The lowest BCUT2D eigenvalue weighted by molar-refractivity contribution is -0.134. The molecular formula is C20H21NO2. The number of carbonyl (C=O) groups is 2. The smallest absolute Gasteiger partial charge is 0.226 e. The van der Waals surface area contributed by atoms with Gasteiger partial charge in [-0.05, 0) is 24.5 Å². The number of carbonyl (C=O) groups excluding carboxylic acids is 2. The van der Waals surface area contributed by atoms with Crippen LogP contribution in [0.25, 0.3) is 0 Å². The van der Waals surface area contributed by atoms with E-state index in [2.05, 4.69) is 24.3 Å². The SMILES string of the molecule is CC(=O)CC1CCN(C(c2ccccc2)c2ccccc2)C1=O. The highest BCUT2D eigenvalue weighted by Crippen LogP contribution is 2.34. The van der Waals surface area contributed by atoms with Crippen molar-refractivity contribution in [3.8, 4) is 0 Å². The predicted molar refractivity (Wildman–Crippen MR) is 89.8 cm³/mol. The Morgan fingerprint density at radius 3 is 2.04 bits per heavy atom. The summed E-state index contributed by atoms with van der Waals surface area (Å²) in [7, 11) is 0. The number of rotatable bonds is 5. The fraction of sp³-hybridized carbons (Fsp3) is 0.300. The van der Waals surface area contributed by atoms with Crippen LogP contribution in [0.5, 0.6) is 0 Å². The Labute approximate surface area is 136 Å². The zero-order valence-electron chi connectivity index (χ0n) is 13.3. The van der Waals surface area contributed by atoms with Crippen LogP contribution >= 0.6 is 0 Å². The lowest BCUT2D eigenvalue weighted by atomic mass is 9.97. The third-order valence-electron chi connectivity index (χ3n) is 4.43. The number of hydrogen-bond acceptors (Lipinski definition) is 2. The number of Topliss-reactive ketones (excluding diaryl/α,β-unsaturated/α-hetero) is 1. The second-order valence-electron chi connectivity index (χ2n) is 6.15. The third kappa shape index (κ3) is 3.34. The predicted octanol–water partition coefficient (Wildman–Crippen LogP) is 3.60. The second-order valence-corrected chi connectivity index (χ2v) is 6.15. The van der Waals surface area contributed by atoms with Crippen LogP contribution in [0.3, 0.4) is 0 Å². The quantitative estimate of drug-likeness (QED) is 0.846. The summed E-state index contributed by atoms with van der Waals surface area (Å²) in [5.41, 5.74) is 2.21. The molecule has 1 heterocycles. The van der Waals surface area contributed by atoms with E-state index in [9.17, 15) is 9.59 Å². The zero-order chi connectivity index (χ0) is 16.2. The third-order valence-corrected chi connectivity index (χ3v) is 4.43. The highest BCUT2D eigenvalue weighted by molar-refractivity contribution is 5.87. The van der Waals surface area contributed by atoms with Crippen molar-refractivity contribution >= 4 is 11.7 Å². The number of amides is 1. The Hall–Kier alpha value is -2.42. The van der Waals surface area contributed by atoms with Gasteiger partial charge in [0.15, 0.2) is 0 Å². The van der Waals surface area contributed by atoms with E-state index in [1.807, 2.05) is 41.3 Å². The molecule has 1 fully saturated rings. The number of likely N-dealkylation sites (tertiary alicyclic amines) is 1. The molecule has 118 valence electrons. The molecule has 0 bridgehead atoms. The van der Waals surface area contributed by atoms with Crippen molar-refractivity contribution in [2.45, 2.75) is 25.8 Å². The normalized spacial score (nSPS) is 17.7. The number of hydrogen-bond donors (Lipinski definition) is 0. The second kappa shape index (κ2) is 6.78. The lowest BCUT2D eigenvalue weighted by Crippen LogP contribution is -2.33. The summed E-state index contributed by atoms with van der Waals surface area (Å²) in [4.78, 5) is 26.1. The molecule has 0 radical (unpaired) electrons. The first-order chi connectivity index (χ1) is 11.2. The van der Waals surface area contributed by atoms with Gasteiger partial charge in [0.2, 0.25) is 5.91 Å². The van der Waals surface area contributed by atoms with Crippen LogP contribution < -0.4 is 0 Å². The number of ketones is 1. The van der Waals surface area contributed by atoms with Crippen LogP contribution in [0.1, 0.15) is 36.9 Å². The van der Waals surface area contributed by atoms with Crippen molar-refractivity contribution in [1.82, 2.24) is 4.90 Å². The minimum Gasteiger partial charge on any atom is -0.331 e. The summed E-state index contributed by atoms with van der Waals surface area (Å²) in [6.45, 7) is 2.26. The summed E-state index contributed by atoms with van der Waals surface area (Å²) in [6.07, 6.45) is 1.11. The van der Waals surface area contributed by atoms with Crippen LogP contribution in [0.2, 0.25) is 0 Å². The van der Waals surface area contributed by atoms with Crippen LogP contribution in [-0.4, -0.2) is 23.1 Å². The molecule has 0 aliphatic carbocycles. The van der Waals surface area contributed by atoms with E-state index in [1.165, 1.54) is 0 Å². The Morgan fingerprint density at radius 1 is 1.04 bits per heavy atom. The summed E-state index contributed by atoms with van der Waals surface area (Å²) in [6, 6.07) is 20.1. The molecule has 2 aromatic rings. The number of nitrogens with zero attached hydrogens (tertiary/aromatic N) is 1. The fourth-order valence-corrected chi connectivity index (χ4v) is 3.38. The van der Waals surface area contributed by atoms with E-state index in [4.69, 9.17) is 0 Å². The fourth-order valence-electron chi connectivity index (χ4n) is 3.38. The highest BCUT2D eigenvalue weighted by Gasteiger charge is 2.37. The maximum absolute atomic E-state index is 12.8. The monoisotopic (exact) mass is 307 g/mol. The van der Waals surface area contributed by atoms with E-state index < -0.39 is 0 Å². The van der Waals surface area contributed by atoms with E-state index in [-0.39, 0.29) is 23.7 Å². The van der Waals surface area contributed by atoms with Gasteiger partial charge in [-0.25, -0.2) is 0 Å². The molecule has 3 heteroatoms. The maximum atomic E-state index is 12.8. The largest absolute Gasteiger partial charge is 0.331 e. The Balaban J connectivity index is 1.94. The molecule has 0 spiro atoms. The molecule has 1 amide bonds. The lowest BCUT2D eigenvalue weighted by Gasteiger charge is -2.29. The average Bonchev–Trinajstić information content (AvgIpc) is 2.90. The zero-order valence-corrected chi connectivity index (χ0v) is 13.3. The van der Waals surface area contributed by atoms with Gasteiger partial charge in [0.05, 0.1) is 6.04 Å². The van der Waals surface area contributed by atoms with Gasteiger partial charge in [-0.15, -0.1) is 0 Å². The van der Waals surface area contributed by atoms with Crippen LogP contribution in [-0.2, 0) is 9.59 Å². The molecule has 3 nitrogen and oxygen atoms in total.